The first kappa shape index (κ1) is 16.7. The van der Waals surface area contributed by atoms with E-state index >= 15 is 0 Å². The van der Waals surface area contributed by atoms with Crippen molar-refractivity contribution in [2.75, 3.05) is 25.0 Å². The molecule has 0 spiro atoms. The van der Waals surface area contributed by atoms with Crippen molar-refractivity contribution in [3.8, 4) is 5.75 Å². The molecular formula is C17H25FN2O2. The molecule has 4 nitrogen and oxygen atoms in total. The first-order valence-electron chi connectivity index (χ1n) is 8.03. The average Bonchev–Trinajstić information content (AvgIpc) is 2.51. The molecule has 1 aliphatic rings. The van der Waals surface area contributed by atoms with Gasteiger partial charge in [0, 0.05) is 12.5 Å². The molecule has 1 heterocycles. The van der Waals surface area contributed by atoms with Gasteiger partial charge in [-0.05, 0) is 56.8 Å². The van der Waals surface area contributed by atoms with Crippen molar-refractivity contribution < 1.29 is 13.9 Å². The third-order valence-corrected chi connectivity index (χ3v) is 4.21. The summed E-state index contributed by atoms with van der Waals surface area (Å²) >= 11 is 0. The van der Waals surface area contributed by atoms with Crippen molar-refractivity contribution in [3.63, 3.8) is 0 Å². The summed E-state index contributed by atoms with van der Waals surface area (Å²) in [5.74, 6) is 0.901. The quantitative estimate of drug-likeness (QED) is 0.848. The summed E-state index contributed by atoms with van der Waals surface area (Å²) in [4.78, 5) is 12.2. The van der Waals surface area contributed by atoms with E-state index < -0.39 is 0 Å². The van der Waals surface area contributed by atoms with Gasteiger partial charge in [-0.2, -0.15) is 0 Å². The van der Waals surface area contributed by atoms with Crippen LogP contribution in [0.5, 0.6) is 5.75 Å². The highest BCUT2D eigenvalue weighted by atomic mass is 19.1. The van der Waals surface area contributed by atoms with Gasteiger partial charge in [0.1, 0.15) is 11.6 Å². The molecule has 1 aliphatic heterocycles. The molecular weight excluding hydrogens is 283 g/mol. The van der Waals surface area contributed by atoms with Gasteiger partial charge in [0.05, 0.1) is 12.3 Å². The Hall–Kier alpha value is -1.62. The summed E-state index contributed by atoms with van der Waals surface area (Å²) in [6, 6.07) is 4.18. The Balaban J connectivity index is 1.93. The first-order valence-corrected chi connectivity index (χ1v) is 8.03. The molecule has 1 amide bonds. The molecule has 22 heavy (non-hydrogen) atoms. The maximum absolute atomic E-state index is 13.3. The highest BCUT2D eigenvalue weighted by Gasteiger charge is 2.22. The van der Waals surface area contributed by atoms with E-state index in [9.17, 15) is 9.18 Å². The molecule has 1 atom stereocenters. The Morgan fingerprint density at radius 1 is 1.45 bits per heavy atom. The maximum atomic E-state index is 13.3. The smallest absolute Gasteiger partial charge is 0.224 e. The summed E-state index contributed by atoms with van der Waals surface area (Å²) in [5, 5.41) is 6.18. The molecule has 0 radical (unpaired) electrons. The number of piperidine rings is 1. The predicted molar refractivity (Wildman–Crippen MR) is 85.6 cm³/mol. The number of anilines is 1. The van der Waals surface area contributed by atoms with Crippen LogP contribution in [0.25, 0.3) is 0 Å². The van der Waals surface area contributed by atoms with Crippen LogP contribution in [-0.4, -0.2) is 25.6 Å². The van der Waals surface area contributed by atoms with Crippen LogP contribution in [0, 0.1) is 17.7 Å². The fraction of sp³-hybridized carbons (Fsp3) is 0.588. The van der Waals surface area contributed by atoms with Gasteiger partial charge in [0.25, 0.3) is 0 Å². The molecule has 1 aromatic rings. The Kier molecular flexibility index (Phi) is 6.19. The number of rotatable bonds is 6. The predicted octanol–water partition coefficient (Wildman–Crippen LogP) is 3.19. The van der Waals surface area contributed by atoms with Crippen LogP contribution in [0.1, 0.15) is 33.1 Å². The Morgan fingerprint density at radius 3 is 2.86 bits per heavy atom. The molecule has 0 bridgehead atoms. The van der Waals surface area contributed by atoms with Gasteiger partial charge in [-0.25, -0.2) is 4.39 Å². The molecule has 1 fully saturated rings. The van der Waals surface area contributed by atoms with Crippen LogP contribution in [0.2, 0.25) is 0 Å². The lowest BCUT2D eigenvalue weighted by Crippen LogP contribution is -2.32. The van der Waals surface area contributed by atoms with Crippen molar-refractivity contribution in [1.29, 1.82) is 0 Å². The van der Waals surface area contributed by atoms with Gasteiger partial charge >= 0.3 is 0 Å². The molecule has 1 saturated heterocycles. The van der Waals surface area contributed by atoms with Gasteiger partial charge < -0.3 is 15.4 Å². The molecule has 122 valence electrons. The number of ether oxygens (including phenoxy) is 1. The second-order valence-corrected chi connectivity index (χ2v) is 5.89. The van der Waals surface area contributed by atoms with E-state index in [-0.39, 0.29) is 11.7 Å². The van der Waals surface area contributed by atoms with E-state index in [1.807, 2.05) is 6.92 Å². The zero-order valence-corrected chi connectivity index (χ0v) is 13.3. The number of nitrogens with one attached hydrogen (secondary N) is 2. The summed E-state index contributed by atoms with van der Waals surface area (Å²) in [7, 11) is 0. The summed E-state index contributed by atoms with van der Waals surface area (Å²) in [5.41, 5.74) is 0.533. The standard InChI is InChI=1S/C17H25FN2O2/c1-3-22-16-11-14(18)4-5-15(16)20-17(21)10-12(2)13-6-8-19-9-7-13/h4-5,11-13,19H,3,6-10H2,1-2H3,(H,20,21). The van der Waals surface area contributed by atoms with E-state index in [1.54, 1.807) is 6.07 Å². The average molecular weight is 308 g/mol. The van der Waals surface area contributed by atoms with Crippen molar-refractivity contribution >= 4 is 11.6 Å². The maximum Gasteiger partial charge on any atom is 0.224 e. The van der Waals surface area contributed by atoms with E-state index in [0.717, 1.165) is 25.9 Å². The SMILES string of the molecule is CCOc1cc(F)ccc1NC(=O)CC(C)C1CCNCC1. The van der Waals surface area contributed by atoms with Gasteiger partial charge in [0.2, 0.25) is 5.91 Å². The number of carbonyl (C=O) groups is 1. The van der Waals surface area contributed by atoms with Crippen molar-refractivity contribution in [3.05, 3.63) is 24.0 Å². The third kappa shape index (κ3) is 4.70. The lowest BCUT2D eigenvalue weighted by Gasteiger charge is -2.28. The van der Waals surface area contributed by atoms with Crippen molar-refractivity contribution in [2.24, 2.45) is 11.8 Å². The number of carbonyl (C=O) groups excluding carboxylic acids is 1. The topological polar surface area (TPSA) is 50.4 Å². The van der Waals surface area contributed by atoms with Crippen LogP contribution >= 0.6 is 0 Å². The minimum atomic E-state index is -0.371. The summed E-state index contributed by atoms with van der Waals surface area (Å²) < 4.78 is 18.6. The van der Waals surface area contributed by atoms with Gasteiger partial charge in [-0.1, -0.05) is 6.92 Å². The summed E-state index contributed by atoms with van der Waals surface area (Å²) in [6.07, 6.45) is 2.72. The number of hydrogen-bond donors (Lipinski definition) is 2. The molecule has 0 saturated carbocycles. The van der Waals surface area contributed by atoms with E-state index in [4.69, 9.17) is 4.74 Å². The van der Waals surface area contributed by atoms with E-state index in [1.165, 1.54) is 12.1 Å². The normalized spacial score (nSPS) is 17.0. The monoisotopic (exact) mass is 308 g/mol. The fourth-order valence-electron chi connectivity index (χ4n) is 2.95. The van der Waals surface area contributed by atoms with Gasteiger partial charge in [-0.3, -0.25) is 4.79 Å². The third-order valence-electron chi connectivity index (χ3n) is 4.21. The lowest BCUT2D eigenvalue weighted by atomic mass is 9.84. The Morgan fingerprint density at radius 2 is 2.18 bits per heavy atom. The molecule has 1 unspecified atom stereocenters. The number of hydrogen-bond acceptors (Lipinski definition) is 3. The van der Waals surface area contributed by atoms with Gasteiger partial charge in [0.15, 0.2) is 0 Å². The Bertz CT molecular complexity index is 501. The molecule has 2 rings (SSSR count). The van der Waals surface area contributed by atoms with Crippen LogP contribution < -0.4 is 15.4 Å². The highest BCUT2D eigenvalue weighted by molar-refractivity contribution is 5.92. The van der Waals surface area contributed by atoms with E-state index in [0.29, 0.717) is 36.3 Å². The minimum absolute atomic E-state index is 0.0430. The molecule has 2 N–H and O–H groups in total. The number of halogens is 1. The van der Waals surface area contributed by atoms with Gasteiger partial charge in [-0.15, -0.1) is 0 Å². The second-order valence-electron chi connectivity index (χ2n) is 5.89. The zero-order chi connectivity index (χ0) is 15.9. The largest absolute Gasteiger partial charge is 0.492 e. The van der Waals surface area contributed by atoms with Crippen molar-refractivity contribution in [2.45, 2.75) is 33.1 Å². The second kappa shape index (κ2) is 8.13. The first-order chi connectivity index (χ1) is 10.6. The molecule has 0 aromatic heterocycles. The van der Waals surface area contributed by atoms with Crippen LogP contribution in [0.4, 0.5) is 10.1 Å². The number of benzene rings is 1. The van der Waals surface area contributed by atoms with Crippen LogP contribution in [0.15, 0.2) is 18.2 Å². The highest BCUT2D eigenvalue weighted by Crippen LogP contribution is 2.28. The van der Waals surface area contributed by atoms with Crippen LogP contribution in [0.3, 0.4) is 0 Å². The number of amides is 1. The van der Waals surface area contributed by atoms with Crippen LogP contribution in [-0.2, 0) is 4.79 Å². The lowest BCUT2D eigenvalue weighted by molar-refractivity contribution is -0.117. The molecule has 5 heteroatoms. The summed E-state index contributed by atoms with van der Waals surface area (Å²) in [6.45, 7) is 6.45. The molecule has 1 aromatic carbocycles. The molecule has 0 aliphatic carbocycles. The van der Waals surface area contributed by atoms with Crippen molar-refractivity contribution in [1.82, 2.24) is 5.32 Å². The fourth-order valence-corrected chi connectivity index (χ4v) is 2.95. The minimum Gasteiger partial charge on any atom is -0.492 e. The zero-order valence-electron chi connectivity index (χ0n) is 13.3. The Labute approximate surface area is 131 Å². The van der Waals surface area contributed by atoms with E-state index in [2.05, 4.69) is 17.6 Å².